The Morgan fingerprint density at radius 2 is 1.20 bits per heavy atom. The van der Waals surface area contributed by atoms with E-state index in [1.165, 1.54) is 12.5 Å². The average molecular weight is 1070 g/mol. The molecule has 5 heterocycles. The van der Waals surface area contributed by atoms with E-state index in [0.717, 1.165) is 32.1 Å². The quantitative estimate of drug-likeness (QED) is 0.0727. The molecule has 0 spiro atoms. The van der Waals surface area contributed by atoms with Crippen LogP contribution in [0.1, 0.15) is 92.4 Å². The van der Waals surface area contributed by atoms with Crippen LogP contribution < -0.4 is 0 Å². The second-order valence-corrected chi connectivity index (χ2v) is 23.8. The standard InChI is InChI=1S/C51H84O23/c1-20(19-66-45-40(62)38(60)34(56)29(16-52)69-45)8-13-51(65)21(2)32-28(74-51)15-27-25-7-6-23-14-24(9-11-49(23,4)26(25)10-12-50(27,32)5)68-48-44(73-46-41(63)37(59)33(55)22(3)67-46)43(36(58)31(18-54)71-48)72-47-42(64)39(61)35(57)30(17-53)70-47/h6,20-22,24-48,52-65H,7-19H2,1-5H3/t20-,21+,22+,24+,25-,26+,27+,28+,29-,30-,31-,32+,33+,34-,35-,36+,37-,38+,39+,40-,41-,42-,43+,44-,45-,46+,47+,48-,49+,50+,51-/m1/s1. The number of hydrogen-bond donors (Lipinski definition) is 14. The van der Waals surface area contributed by atoms with Crippen molar-refractivity contribution in [2.45, 2.75) is 233 Å². The highest BCUT2D eigenvalue weighted by molar-refractivity contribution is 5.26. The lowest BCUT2D eigenvalue weighted by Crippen LogP contribution is -2.67. The van der Waals surface area contributed by atoms with E-state index in [-0.39, 0.29) is 41.3 Å². The Kier molecular flexibility index (Phi) is 17.4. The van der Waals surface area contributed by atoms with E-state index in [4.69, 9.17) is 42.6 Å². The molecule has 5 saturated heterocycles. The molecule has 9 aliphatic rings. The first kappa shape index (κ1) is 57.5. The molecule has 0 aromatic carbocycles. The summed E-state index contributed by atoms with van der Waals surface area (Å²) in [5, 5.41) is 149. The molecule has 4 aliphatic carbocycles. The van der Waals surface area contributed by atoms with Crippen molar-refractivity contribution in [3.63, 3.8) is 0 Å². The van der Waals surface area contributed by atoms with Crippen LogP contribution in [0, 0.1) is 46.3 Å². The Bertz CT molecular complexity index is 1920. The van der Waals surface area contributed by atoms with Gasteiger partial charge in [-0.25, -0.2) is 0 Å². The van der Waals surface area contributed by atoms with Gasteiger partial charge >= 0.3 is 0 Å². The monoisotopic (exact) mass is 1060 g/mol. The maximum Gasteiger partial charge on any atom is 0.187 e. The van der Waals surface area contributed by atoms with Gasteiger partial charge in [0.25, 0.3) is 0 Å². The first-order valence-electron chi connectivity index (χ1n) is 26.9. The molecule has 8 fully saturated rings. The van der Waals surface area contributed by atoms with Crippen molar-refractivity contribution in [1.82, 2.24) is 0 Å². The lowest BCUT2D eigenvalue weighted by atomic mass is 9.47. The van der Waals surface area contributed by atoms with Crippen molar-refractivity contribution in [1.29, 1.82) is 0 Å². The molecular formula is C51H84O23. The maximum absolute atomic E-state index is 12.1. The zero-order valence-electron chi connectivity index (χ0n) is 42.9. The lowest BCUT2D eigenvalue weighted by molar-refractivity contribution is -0.394. The Morgan fingerprint density at radius 1 is 0.635 bits per heavy atom. The van der Waals surface area contributed by atoms with Crippen LogP contribution in [0.5, 0.6) is 0 Å². The summed E-state index contributed by atoms with van der Waals surface area (Å²) >= 11 is 0. The summed E-state index contributed by atoms with van der Waals surface area (Å²) in [6.45, 7) is 8.33. The van der Waals surface area contributed by atoms with E-state index in [1.54, 1.807) is 0 Å². The largest absolute Gasteiger partial charge is 0.394 e. The summed E-state index contributed by atoms with van der Waals surface area (Å²) in [5.41, 5.74) is 0.989. The normalized spacial score (nSPS) is 54.9. The number of ether oxygens (including phenoxy) is 9. The van der Waals surface area contributed by atoms with Crippen molar-refractivity contribution >= 4 is 0 Å². The second-order valence-electron chi connectivity index (χ2n) is 23.8. The summed E-state index contributed by atoms with van der Waals surface area (Å²) in [7, 11) is 0. The molecule has 23 nitrogen and oxygen atoms in total. The Hall–Kier alpha value is -1.18. The summed E-state index contributed by atoms with van der Waals surface area (Å²) in [6.07, 6.45) is -22.5. The summed E-state index contributed by atoms with van der Waals surface area (Å²) in [5.74, 6) is -0.351. The smallest absolute Gasteiger partial charge is 0.187 e. The summed E-state index contributed by atoms with van der Waals surface area (Å²) in [6, 6.07) is 0. The molecule has 5 aliphatic heterocycles. The fourth-order valence-electron chi connectivity index (χ4n) is 15.0. The summed E-state index contributed by atoms with van der Waals surface area (Å²) < 4.78 is 54.7. The molecular weight excluding hydrogens is 981 g/mol. The van der Waals surface area contributed by atoms with Crippen molar-refractivity contribution in [3.05, 3.63) is 11.6 Å². The van der Waals surface area contributed by atoms with Gasteiger partial charge in [0.2, 0.25) is 0 Å². The van der Waals surface area contributed by atoms with Gasteiger partial charge in [-0.05, 0) is 98.7 Å². The van der Waals surface area contributed by atoms with Crippen LogP contribution in [0.2, 0.25) is 0 Å². The van der Waals surface area contributed by atoms with Gasteiger partial charge in [0.1, 0.15) is 91.6 Å². The number of aliphatic hydroxyl groups excluding tert-OH is 13. The van der Waals surface area contributed by atoms with Crippen LogP contribution >= 0.6 is 0 Å². The van der Waals surface area contributed by atoms with Gasteiger partial charge < -0.3 is 114 Å². The van der Waals surface area contributed by atoms with Gasteiger partial charge in [-0.1, -0.05) is 39.3 Å². The van der Waals surface area contributed by atoms with Crippen LogP contribution in [0.4, 0.5) is 0 Å². The first-order chi connectivity index (χ1) is 35.0. The van der Waals surface area contributed by atoms with Gasteiger partial charge in [-0.15, -0.1) is 0 Å². The van der Waals surface area contributed by atoms with E-state index < -0.39 is 155 Å². The highest BCUT2D eigenvalue weighted by atomic mass is 16.8. The maximum atomic E-state index is 12.1. The molecule has 0 unspecified atom stereocenters. The predicted octanol–water partition coefficient (Wildman–Crippen LogP) is -3.01. The number of rotatable bonds is 15. The molecule has 74 heavy (non-hydrogen) atoms. The minimum absolute atomic E-state index is 0.0769. The molecule has 3 saturated carbocycles. The molecule has 14 N–H and O–H groups in total. The zero-order valence-corrected chi connectivity index (χ0v) is 42.9. The molecule has 0 radical (unpaired) electrons. The van der Waals surface area contributed by atoms with Crippen LogP contribution in [0.25, 0.3) is 0 Å². The third kappa shape index (κ3) is 10.2. The lowest BCUT2D eigenvalue weighted by Gasteiger charge is -2.58. The fraction of sp³-hybridized carbons (Fsp3) is 0.961. The molecule has 23 heteroatoms. The van der Waals surface area contributed by atoms with E-state index in [9.17, 15) is 71.5 Å². The highest BCUT2D eigenvalue weighted by Crippen LogP contribution is 2.70. The molecule has 9 rings (SSSR count). The Labute approximate surface area is 430 Å². The molecule has 31 atom stereocenters. The third-order valence-corrected chi connectivity index (χ3v) is 19.5. The van der Waals surface area contributed by atoms with Gasteiger partial charge in [0, 0.05) is 12.3 Å². The third-order valence-electron chi connectivity index (χ3n) is 19.5. The molecule has 426 valence electrons. The minimum atomic E-state index is -1.88. The molecule has 0 aromatic rings. The van der Waals surface area contributed by atoms with E-state index in [0.29, 0.717) is 43.4 Å². The Balaban J connectivity index is 0.864. The van der Waals surface area contributed by atoms with Crippen LogP contribution in [0.15, 0.2) is 11.6 Å². The van der Waals surface area contributed by atoms with Crippen LogP contribution in [-0.4, -0.2) is 239 Å². The van der Waals surface area contributed by atoms with Crippen molar-refractivity contribution in [3.8, 4) is 0 Å². The molecule has 0 bridgehead atoms. The van der Waals surface area contributed by atoms with Crippen molar-refractivity contribution in [2.75, 3.05) is 26.4 Å². The van der Waals surface area contributed by atoms with Crippen molar-refractivity contribution < 1.29 is 114 Å². The molecule has 0 amide bonds. The molecule has 0 aromatic heterocycles. The Morgan fingerprint density at radius 3 is 1.85 bits per heavy atom. The number of allylic oxidation sites excluding steroid dienone is 1. The van der Waals surface area contributed by atoms with Crippen LogP contribution in [0.3, 0.4) is 0 Å². The van der Waals surface area contributed by atoms with Crippen LogP contribution in [-0.2, 0) is 42.6 Å². The summed E-state index contributed by atoms with van der Waals surface area (Å²) in [4.78, 5) is 0. The van der Waals surface area contributed by atoms with Gasteiger partial charge in [0.15, 0.2) is 30.9 Å². The van der Waals surface area contributed by atoms with Crippen molar-refractivity contribution in [2.24, 2.45) is 46.3 Å². The van der Waals surface area contributed by atoms with Gasteiger partial charge in [-0.3, -0.25) is 0 Å². The minimum Gasteiger partial charge on any atom is -0.394 e. The predicted molar refractivity (Wildman–Crippen MR) is 250 cm³/mol. The topological polar surface area (TPSA) is 366 Å². The van der Waals surface area contributed by atoms with Gasteiger partial charge in [-0.2, -0.15) is 0 Å². The van der Waals surface area contributed by atoms with E-state index >= 15 is 0 Å². The van der Waals surface area contributed by atoms with Gasteiger partial charge in [0.05, 0.1) is 44.7 Å². The SMILES string of the molecule is C[C@H](CC[C@@]1(O)O[C@H]2C[C@H]3[C@@H]4CC=C5C[C@@H](O[C@@H]6O[C@H](CO)[C@H](O)[C@H](O[C@@H]7O[C@H](CO)[C@@H](O)[C@H](O)[C@H]7O)[C@H]6O[C@@H]6O[C@@H](C)[C@H](O)[C@@H](O)[C@H]6O)CC[C@]5(C)[C@H]4CC[C@]3(C)[C@H]2[C@@H]1C)CO[C@@H]1O[C@H](CO)[C@@H](O)[C@H](O)[C@H]1O. The number of fused-ring (bicyclic) bond motifs is 7. The van der Waals surface area contributed by atoms with E-state index in [1.807, 2.05) is 6.92 Å². The average Bonchev–Trinajstić information content (AvgIpc) is 3.82. The zero-order chi connectivity index (χ0) is 53.5. The highest BCUT2D eigenvalue weighted by Gasteiger charge is 2.68. The number of hydrogen-bond acceptors (Lipinski definition) is 23. The fourth-order valence-corrected chi connectivity index (χ4v) is 15.0. The first-order valence-corrected chi connectivity index (χ1v) is 26.9. The second kappa shape index (κ2) is 22.4. The number of aliphatic hydroxyl groups is 14. The van der Waals surface area contributed by atoms with E-state index in [2.05, 4.69) is 26.8 Å².